The Balaban J connectivity index is 2.25. The zero-order valence-electron chi connectivity index (χ0n) is 12.9. The Kier molecular flexibility index (Phi) is 4.96. The van der Waals surface area contributed by atoms with Gasteiger partial charge in [0.1, 0.15) is 5.69 Å². The number of H-pyrrole nitrogens is 1. The first-order chi connectivity index (χ1) is 9.97. The molecule has 0 unspecified atom stereocenters. The number of aliphatic hydroxyl groups excluding tert-OH is 1. The van der Waals surface area contributed by atoms with Crippen molar-refractivity contribution in [3.8, 4) is 0 Å². The van der Waals surface area contributed by atoms with Crippen LogP contribution in [0.4, 0.5) is 0 Å². The van der Waals surface area contributed by atoms with Gasteiger partial charge in [0.15, 0.2) is 0 Å². The molecule has 0 saturated carbocycles. The Labute approximate surface area is 129 Å². The third-order valence-electron chi connectivity index (χ3n) is 3.84. The van der Waals surface area contributed by atoms with Gasteiger partial charge in [-0.25, -0.2) is 0 Å². The molecule has 0 bridgehead atoms. The molecule has 0 saturated heterocycles. The minimum Gasteiger partial charge on any atom is -0.395 e. The van der Waals surface area contributed by atoms with E-state index in [0.29, 0.717) is 5.69 Å². The predicted octanol–water partition coefficient (Wildman–Crippen LogP) is 2.63. The van der Waals surface area contributed by atoms with E-state index in [0.717, 1.165) is 16.5 Å². The van der Waals surface area contributed by atoms with Crippen molar-refractivity contribution >= 4 is 28.6 Å². The van der Waals surface area contributed by atoms with Gasteiger partial charge in [-0.2, -0.15) is 11.8 Å². The number of thioether (sulfide) groups is 1. The van der Waals surface area contributed by atoms with Gasteiger partial charge in [-0.05, 0) is 44.7 Å². The van der Waals surface area contributed by atoms with Gasteiger partial charge in [0, 0.05) is 22.2 Å². The highest BCUT2D eigenvalue weighted by molar-refractivity contribution is 7.99. The lowest BCUT2D eigenvalue weighted by molar-refractivity contribution is 0.0931. The summed E-state index contributed by atoms with van der Waals surface area (Å²) in [5.41, 5.74) is 3.70. The molecule has 3 N–H and O–H groups in total. The molecule has 0 aliphatic carbocycles. The summed E-state index contributed by atoms with van der Waals surface area (Å²) >= 11 is 1.55. The number of nitrogens with one attached hydrogen (secondary N) is 2. The number of fused-ring (bicyclic) bond motifs is 1. The number of carbonyl (C=O) groups is 1. The van der Waals surface area contributed by atoms with E-state index in [4.69, 9.17) is 0 Å². The summed E-state index contributed by atoms with van der Waals surface area (Å²) < 4.78 is 0. The summed E-state index contributed by atoms with van der Waals surface area (Å²) in [5.74, 6) is -0.124. The summed E-state index contributed by atoms with van der Waals surface area (Å²) in [7, 11) is 0. The number of aromatic nitrogens is 1. The monoisotopic (exact) mass is 306 g/mol. The molecule has 2 atom stereocenters. The van der Waals surface area contributed by atoms with E-state index in [1.807, 2.05) is 39.2 Å². The van der Waals surface area contributed by atoms with Gasteiger partial charge in [0.25, 0.3) is 5.91 Å². The predicted molar refractivity (Wildman–Crippen MR) is 89.1 cm³/mol. The van der Waals surface area contributed by atoms with Crippen LogP contribution in [0.1, 0.15) is 28.5 Å². The van der Waals surface area contributed by atoms with E-state index in [1.165, 1.54) is 5.56 Å². The third-order valence-corrected chi connectivity index (χ3v) is 5.00. The van der Waals surface area contributed by atoms with Crippen molar-refractivity contribution < 1.29 is 9.90 Å². The maximum atomic E-state index is 12.4. The topological polar surface area (TPSA) is 65.1 Å². The Hall–Kier alpha value is -1.46. The molecule has 1 heterocycles. The molecule has 5 heteroatoms. The molecule has 4 nitrogen and oxygen atoms in total. The van der Waals surface area contributed by atoms with E-state index in [2.05, 4.69) is 16.4 Å². The number of rotatable bonds is 5. The number of aryl methyl sites for hydroxylation is 2. The summed E-state index contributed by atoms with van der Waals surface area (Å²) in [5, 5.41) is 13.3. The quantitative estimate of drug-likeness (QED) is 0.795. The van der Waals surface area contributed by atoms with Crippen LogP contribution < -0.4 is 5.32 Å². The van der Waals surface area contributed by atoms with Crippen LogP contribution in [0.5, 0.6) is 0 Å². The van der Waals surface area contributed by atoms with Crippen LogP contribution >= 0.6 is 11.8 Å². The van der Waals surface area contributed by atoms with Crippen LogP contribution in [-0.2, 0) is 0 Å². The Morgan fingerprint density at radius 2 is 2.14 bits per heavy atom. The number of amides is 1. The molecule has 0 aliphatic rings. The number of hydrogen-bond donors (Lipinski definition) is 3. The highest BCUT2D eigenvalue weighted by Crippen LogP contribution is 2.23. The van der Waals surface area contributed by atoms with Gasteiger partial charge in [0.2, 0.25) is 0 Å². The maximum absolute atomic E-state index is 12.4. The van der Waals surface area contributed by atoms with E-state index >= 15 is 0 Å². The molecule has 1 amide bonds. The van der Waals surface area contributed by atoms with Crippen LogP contribution in [0.3, 0.4) is 0 Å². The Morgan fingerprint density at radius 3 is 2.76 bits per heavy atom. The summed E-state index contributed by atoms with van der Waals surface area (Å²) in [4.78, 5) is 15.6. The molecule has 0 fully saturated rings. The van der Waals surface area contributed by atoms with Crippen LogP contribution in [-0.4, -0.2) is 40.2 Å². The van der Waals surface area contributed by atoms with Gasteiger partial charge in [0.05, 0.1) is 6.61 Å². The van der Waals surface area contributed by atoms with Crippen molar-refractivity contribution in [1.29, 1.82) is 0 Å². The zero-order chi connectivity index (χ0) is 15.6. The first-order valence-corrected chi connectivity index (χ1v) is 8.30. The number of aliphatic hydroxyl groups is 1. The van der Waals surface area contributed by atoms with Crippen LogP contribution in [0.25, 0.3) is 10.9 Å². The minimum atomic E-state index is -0.124. The van der Waals surface area contributed by atoms with Crippen LogP contribution in [0, 0.1) is 13.8 Å². The second-order valence-corrected chi connectivity index (χ2v) is 6.47. The highest BCUT2D eigenvalue weighted by Gasteiger charge is 2.21. The van der Waals surface area contributed by atoms with E-state index in [-0.39, 0.29) is 23.8 Å². The lowest BCUT2D eigenvalue weighted by Gasteiger charge is -2.21. The van der Waals surface area contributed by atoms with Crippen molar-refractivity contribution in [2.45, 2.75) is 32.1 Å². The van der Waals surface area contributed by atoms with Gasteiger partial charge in [-0.3, -0.25) is 4.79 Å². The highest BCUT2D eigenvalue weighted by atomic mass is 32.2. The second-order valence-electron chi connectivity index (χ2n) is 5.39. The van der Waals surface area contributed by atoms with E-state index in [9.17, 15) is 9.90 Å². The fourth-order valence-electron chi connectivity index (χ4n) is 2.48. The molecule has 21 heavy (non-hydrogen) atoms. The van der Waals surface area contributed by atoms with Gasteiger partial charge in [-0.1, -0.05) is 11.6 Å². The molecule has 1 aromatic carbocycles. The first kappa shape index (κ1) is 15.9. The summed E-state index contributed by atoms with van der Waals surface area (Å²) in [6.45, 7) is 5.96. The van der Waals surface area contributed by atoms with Crippen LogP contribution in [0.2, 0.25) is 0 Å². The molecule has 2 aromatic rings. The average molecular weight is 306 g/mol. The molecule has 1 aromatic heterocycles. The average Bonchev–Trinajstić information content (AvgIpc) is 2.77. The standard InChI is InChI=1S/C16H22N2O2S/c1-9-5-6-13-12(7-9)10(2)15(18-13)16(20)17-11(3)14(8-19)21-4/h5-7,11,14,18-19H,8H2,1-4H3,(H,17,20)/t11-,14+/m1/s1. The summed E-state index contributed by atoms with van der Waals surface area (Å²) in [6.07, 6.45) is 1.93. The Bertz CT molecular complexity index is 647. The smallest absolute Gasteiger partial charge is 0.268 e. The number of carbonyl (C=O) groups excluding carboxylic acids is 1. The summed E-state index contributed by atoms with van der Waals surface area (Å²) in [6, 6.07) is 6.01. The Morgan fingerprint density at radius 1 is 1.43 bits per heavy atom. The largest absolute Gasteiger partial charge is 0.395 e. The lowest BCUT2D eigenvalue weighted by Crippen LogP contribution is -2.41. The minimum absolute atomic E-state index is 0.000814. The van der Waals surface area contributed by atoms with Crippen molar-refractivity contribution in [1.82, 2.24) is 10.3 Å². The normalized spacial score (nSPS) is 14.1. The lowest BCUT2D eigenvalue weighted by atomic mass is 10.1. The van der Waals surface area contributed by atoms with Crippen molar-refractivity contribution in [2.75, 3.05) is 12.9 Å². The fourth-order valence-corrected chi connectivity index (χ4v) is 3.10. The molecular weight excluding hydrogens is 284 g/mol. The second kappa shape index (κ2) is 6.54. The van der Waals surface area contributed by atoms with Crippen molar-refractivity contribution in [2.24, 2.45) is 0 Å². The third kappa shape index (κ3) is 3.24. The molecule has 0 spiro atoms. The van der Waals surface area contributed by atoms with Crippen molar-refractivity contribution in [3.63, 3.8) is 0 Å². The molecular formula is C16H22N2O2S. The fraction of sp³-hybridized carbons (Fsp3) is 0.438. The van der Waals surface area contributed by atoms with E-state index in [1.54, 1.807) is 11.8 Å². The number of hydrogen-bond acceptors (Lipinski definition) is 3. The number of aromatic amines is 1. The van der Waals surface area contributed by atoms with Gasteiger partial charge < -0.3 is 15.4 Å². The molecule has 0 aliphatic heterocycles. The van der Waals surface area contributed by atoms with Crippen molar-refractivity contribution in [3.05, 3.63) is 35.0 Å². The number of benzene rings is 1. The van der Waals surface area contributed by atoms with Crippen LogP contribution in [0.15, 0.2) is 18.2 Å². The molecule has 2 rings (SSSR count). The molecule has 114 valence electrons. The first-order valence-electron chi connectivity index (χ1n) is 7.01. The van der Waals surface area contributed by atoms with E-state index < -0.39 is 0 Å². The maximum Gasteiger partial charge on any atom is 0.268 e. The van der Waals surface area contributed by atoms with Gasteiger partial charge >= 0.3 is 0 Å². The van der Waals surface area contributed by atoms with Gasteiger partial charge in [-0.15, -0.1) is 0 Å². The molecule has 0 radical (unpaired) electrons. The zero-order valence-corrected chi connectivity index (χ0v) is 13.7. The SMILES string of the molecule is CS[C@@H](CO)[C@@H](C)NC(=O)c1[nH]c2ccc(C)cc2c1C.